The van der Waals surface area contributed by atoms with Crippen LogP contribution < -0.4 is 10.0 Å². The number of amides is 1. The lowest BCUT2D eigenvalue weighted by Gasteiger charge is -2.29. The van der Waals surface area contributed by atoms with Crippen LogP contribution in [0.15, 0.2) is 9.42 Å². The summed E-state index contributed by atoms with van der Waals surface area (Å²) >= 11 is 0. The first-order valence-electron chi connectivity index (χ1n) is 8.58. The molecule has 1 aliphatic carbocycles. The van der Waals surface area contributed by atoms with Crippen molar-refractivity contribution in [2.45, 2.75) is 57.4 Å². The number of aromatic nitrogens is 1. The van der Waals surface area contributed by atoms with Crippen molar-refractivity contribution in [1.82, 2.24) is 15.2 Å². The number of nitrogens with one attached hydrogen (secondary N) is 2. The first-order chi connectivity index (χ1) is 12.2. The van der Waals surface area contributed by atoms with Gasteiger partial charge in [0.05, 0.1) is 0 Å². The van der Waals surface area contributed by atoms with E-state index in [9.17, 15) is 18.0 Å². The van der Waals surface area contributed by atoms with Crippen LogP contribution in [0, 0.1) is 19.8 Å². The summed E-state index contributed by atoms with van der Waals surface area (Å²) in [5, 5.41) is 6.43. The normalized spacial score (nSPS) is 20.6. The van der Waals surface area contributed by atoms with Gasteiger partial charge in [-0.05, 0) is 32.6 Å². The minimum absolute atomic E-state index is 0.0907. The fourth-order valence-electron chi connectivity index (χ4n) is 3.06. The number of sulfonamides is 1. The van der Waals surface area contributed by atoms with Gasteiger partial charge in [-0.3, -0.25) is 9.59 Å². The van der Waals surface area contributed by atoms with Gasteiger partial charge in [0, 0.05) is 6.04 Å². The summed E-state index contributed by atoms with van der Waals surface area (Å²) < 4.78 is 36.1. The molecule has 2 N–H and O–H groups in total. The summed E-state index contributed by atoms with van der Waals surface area (Å²) in [5.41, 5.74) is 0.198. The van der Waals surface area contributed by atoms with Crippen LogP contribution in [0.1, 0.15) is 44.1 Å². The van der Waals surface area contributed by atoms with Gasteiger partial charge in [0.1, 0.15) is 17.1 Å². The Morgan fingerprint density at radius 1 is 1.27 bits per heavy atom. The molecule has 0 bridgehead atoms. The van der Waals surface area contributed by atoms with Crippen molar-refractivity contribution in [3.63, 3.8) is 0 Å². The predicted octanol–water partition coefficient (Wildman–Crippen LogP) is 0.808. The van der Waals surface area contributed by atoms with Gasteiger partial charge in [-0.15, -0.1) is 0 Å². The highest BCUT2D eigenvalue weighted by molar-refractivity contribution is 7.89. The summed E-state index contributed by atoms with van der Waals surface area (Å²) in [6, 6.07) is 0.0907. The maximum atomic E-state index is 12.2. The van der Waals surface area contributed by atoms with E-state index in [0.29, 0.717) is 5.92 Å². The minimum Gasteiger partial charge on any atom is -0.455 e. The van der Waals surface area contributed by atoms with Crippen molar-refractivity contribution in [3.05, 3.63) is 11.5 Å². The molecule has 0 aromatic carbocycles. The number of hydrogen-bond acceptors (Lipinski definition) is 7. The van der Waals surface area contributed by atoms with Crippen LogP contribution >= 0.6 is 0 Å². The third-order valence-corrected chi connectivity index (χ3v) is 6.11. The molecular weight excluding hydrogens is 362 g/mol. The summed E-state index contributed by atoms with van der Waals surface area (Å²) in [7, 11) is -3.95. The van der Waals surface area contributed by atoms with Crippen LogP contribution in [0.2, 0.25) is 0 Å². The molecule has 10 heteroatoms. The number of carbonyl (C=O) groups excluding carboxylic acids is 2. The Morgan fingerprint density at radius 2 is 1.96 bits per heavy atom. The Hall–Kier alpha value is -1.94. The topological polar surface area (TPSA) is 128 Å². The molecule has 0 radical (unpaired) electrons. The molecule has 26 heavy (non-hydrogen) atoms. The first kappa shape index (κ1) is 20.4. The van der Waals surface area contributed by atoms with Crippen molar-refractivity contribution in [1.29, 1.82) is 0 Å². The molecule has 1 saturated carbocycles. The van der Waals surface area contributed by atoms with Gasteiger partial charge in [0.2, 0.25) is 10.0 Å². The number of ether oxygens (including phenoxy) is 1. The van der Waals surface area contributed by atoms with E-state index in [1.54, 1.807) is 0 Å². The summed E-state index contributed by atoms with van der Waals surface area (Å²) in [6.07, 6.45) is 4.21. The lowest BCUT2D eigenvalue weighted by atomic mass is 9.86. The maximum absolute atomic E-state index is 12.2. The van der Waals surface area contributed by atoms with E-state index >= 15 is 0 Å². The summed E-state index contributed by atoms with van der Waals surface area (Å²) in [4.78, 5) is 23.5. The quantitative estimate of drug-likeness (QED) is 0.663. The molecule has 2 atom stereocenters. The Labute approximate surface area is 152 Å². The van der Waals surface area contributed by atoms with Gasteiger partial charge in [-0.1, -0.05) is 24.9 Å². The largest absolute Gasteiger partial charge is 0.455 e. The SMILES string of the molecule is Cc1noc(C)c1S(=O)(=O)NCC(=O)OCC(=O)N[C@@H]1CCCC[C@H]1C. The molecule has 1 aliphatic rings. The summed E-state index contributed by atoms with van der Waals surface area (Å²) in [6.45, 7) is 4.01. The van der Waals surface area contributed by atoms with E-state index in [1.165, 1.54) is 13.8 Å². The Balaban J connectivity index is 1.77. The van der Waals surface area contributed by atoms with Crippen LogP contribution in [0.4, 0.5) is 0 Å². The number of hydrogen-bond donors (Lipinski definition) is 2. The number of esters is 1. The molecule has 2 rings (SSSR count). The minimum atomic E-state index is -3.95. The molecule has 1 fully saturated rings. The number of nitrogens with zero attached hydrogens (tertiary/aromatic N) is 1. The smallest absolute Gasteiger partial charge is 0.321 e. The molecule has 9 nitrogen and oxygen atoms in total. The van der Waals surface area contributed by atoms with Crippen molar-refractivity contribution in [3.8, 4) is 0 Å². The zero-order valence-corrected chi connectivity index (χ0v) is 16.0. The fourth-order valence-corrected chi connectivity index (χ4v) is 4.35. The zero-order chi connectivity index (χ0) is 19.3. The lowest BCUT2D eigenvalue weighted by Crippen LogP contribution is -2.43. The predicted molar refractivity (Wildman–Crippen MR) is 91.7 cm³/mol. The van der Waals surface area contributed by atoms with E-state index < -0.39 is 29.1 Å². The van der Waals surface area contributed by atoms with Crippen molar-refractivity contribution in [2.24, 2.45) is 5.92 Å². The monoisotopic (exact) mass is 387 g/mol. The standard InChI is InChI=1S/C16H25N3O6S/c1-10-6-4-5-7-13(10)18-14(20)9-24-15(21)8-17-26(22,23)16-11(2)19-25-12(16)3/h10,13,17H,4-9H2,1-3H3,(H,18,20)/t10-,13-/m1/s1. The average molecular weight is 387 g/mol. The van der Waals surface area contributed by atoms with Crippen molar-refractivity contribution in [2.75, 3.05) is 13.2 Å². The van der Waals surface area contributed by atoms with Crippen molar-refractivity contribution < 1.29 is 27.3 Å². The second-order valence-corrected chi connectivity index (χ2v) is 8.28. The molecule has 146 valence electrons. The maximum Gasteiger partial charge on any atom is 0.321 e. The molecule has 0 spiro atoms. The van der Waals surface area contributed by atoms with E-state index in [-0.39, 0.29) is 28.3 Å². The van der Waals surface area contributed by atoms with Crippen molar-refractivity contribution >= 4 is 21.9 Å². The number of rotatable bonds is 7. The summed E-state index contributed by atoms with van der Waals surface area (Å²) in [5.74, 6) is -0.701. The molecule has 0 saturated heterocycles. The van der Waals surface area contributed by atoms with Gasteiger partial charge >= 0.3 is 5.97 Å². The lowest BCUT2D eigenvalue weighted by molar-refractivity contribution is -0.147. The van der Waals surface area contributed by atoms with Gasteiger partial charge in [0.25, 0.3) is 5.91 Å². The van der Waals surface area contributed by atoms with Crippen LogP contribution in [0.3, 0.4) is 0 Å². The van der Waals surface area contributed by atoms with Crippen LogP contribution in [0.5, 0.6) is 0 Å². The Kier molecular flexibility index (Phi) is 6.76. The second-order valence-electron chi connectivity index (χ2n) is 6.57. The number of aryl methyl sites for hydroxylation is 2. The highest BCUT2D eigenvalue weighted by Crippen LogP contribution is 2.23. The third kappa shape index (κ3) is 5.28. The molecule has 0 unspecified atom stereocenters. The van der Waals surface area contributed by atoms with Gasteiger partial charge in [-0.2, -0.15) is 4.72 Å². The van der Waals surface area contributed by atoms with Gasteiger partial charge < -0.3 is 14.6 Å². The van der Waals surface area contributed by atoms with E-state index in [1.807, 2.05) is 0 Å². The molecule has 1 aromatic rings. The fraction of sp³-hybridized carbons (Fsp3) is 0.688. The van der Waals surface area contributed by atoms with Crippen LogP contribution in [0.25, 0.3) is 0 Å². The van der Waals surface area contributed by atoms with Gasteiger partial charge in [0.15, 0.2) is 12.4 Å². The van der Waals surface area contributed by atoms with E-state index in [2.05, 4.69) is 22.1 Å². The van der Waals surface area contributed by atoms with Crippen LogP contribution in [-0.2, 0) is 24.3 Å². The Morgan fingerprint density at radius 3 is 2.58 bits per heavy atom. The highest BCUT2D eigenvalue weighted by atomic mass is 32.2. The van der Waals surface area contributed by atoms with Gasteiger partial charge in [-0.25, -0.2) is 8.42 Å². The van der Waals surface area contributed by atoms with E-state index in [4.69, 9.17) is 9.26 Å². The average Bonchev–Trinajstić information content (AvgIpc) is 2.92. The molecule has 1 aromatic heterocycles. The molecular formula is C16H25N3O6S. The molecule has 1 heterocycles. The zero-order valence-electron chi connectivity index (χ0n) is 15.2. The number of carbonyl (C=O) groups is 2. The third-order valence-electron chi connectivity index (χ3n) is 4.47. The second kappa shape index (κ2) is 8.63. The molecule has 0 aliphatic heterocycles. The van der Waals surface area contributed by atoms with Crippen LogP contribution in [-0.4, -0.2) is 44.6 Å². The highest BCUT2D eigenvalue weighted by Gasteiger charge is 2.26. The Bertz CT molecular complexity index is 739. The first-order valence-corrected chi connectivity index (χ1v) is 10.1. The van der Waals surface area contributed by atoms with E-state index in [0.717, 1.165) is 25.7 Å². The molecule has 1 amide bonds.